The Labute approximate surface area is 242 Å². The molecule has 2 aliphatic heterocycles. The number of halogens is 1. The summed E-state index contributed by atoms with van der Waals surface area (Å²) in [5.74, 6) is 1.39. The topological polar surface area (TPSA) is 125 Å². The highest BCUT2D eigenvalue weighted by molar-refractivity contribution is 14.1. The third-order valence-electron chi connectivity index (χ3n) is 7.25. The van der Waals surface area contributed by atoms with Gasteiger partial charge < -0.3 is 30.1 Å². The van der Waals surface area contributed by atoms with E-state index in [1.807, 2.05) is 41.3 Å². The number of nitrogens with zero attached hydrogens (tertiary/aromatic N) is 3. The van der Waals surface area contributed by atoms with Crippen molar-refractivity contribution in [2.45, 2.75) is 48.2 Å². The minimum Gasteiger partial charge on any atom is -0.481 e. The molecule has 1 amide bonds. The number of rotatable bonds is 9. The lowest BCUT2D eigenvalue weighted by Crippen LogP contribution is -2.43. The van der Waals surface area contributed by atoms with Crippen LogP contribution in [0.25, 0.3) is 0 Å². The van der Waals surface area contributed by atoms with Crippen molar-refractivity contribution in [3.05, 3.63) is 53.7 Å². The zero-order valence-corrected chi connectivity index (χ0v) is 24.5. The van der Waals surface area contributed by atoms with E-state index in [0.29, 0.717) is 49.4 Å². The molecule has 39 heavy (non-hydrogen) atoms. The van der Waals surface area contributed by atoms with Crippen LogP contribution in [0.5, 0.6) is 5.88 Å². The van der Waals surface area contributed by atoms with Gasteiger partial charge in [-0.1, -0.05) is 34.7 Å². The van der Waals surface area contributed by atoms with Gasteiger partial charge in [-0.25, -0.2) is 4.98 Å². The summed E-state index contributed by atoms with van der Waals surface area (Å²) >= 11 is 2.37. The fourth-order valence-corrected chi connectivity index (χ4v) is 6.23. The molecule has 210 valence electrons. The number of aliphatic hydroxyl groups excluding tert-OH is 1. The largest absolute Gasteiger partial charge is 0.481 e. The van der Waals surface area contributed by atoms with Gasteiger partial charge in [-0.3, -0.25) is 14.6 Å². The van der Waals surface area contributed by atoms with Crippen LogP contribution in [0.3, 0.4) is 0 Å². The summed E-state index contributed by atoms with van der Waals surface area (Å²) in [6.45, 7) is 1.48. The number of carbonyl (C=O) groups is 2. The minimum absolute atomic E-state index is 0.0124. The Morgan fingerprint density at radius 3 is 2.79 bits per heavy atom. The number of hydrogen-bond donors (Lipinski definition) is 3. The molecule has 4 unspecified atom stereocenters. The smallest absolute Gasteiger partial charge is 0.306 e. The number of hydrogen-bond acceptors (Lipinski definition) is 9. The van der Waals surface area contributed by atoms with Gasteiger partial charge in [0.15, 0.2) is 5.96 Å². The molecule has 0 aliphatic carbocycles. The van der Waals surface area contributed by atoms with Gasteiger partial charge in [0.1, 0.15) is 0 Å². The average molecular weight is 650 g/mol. The van der Waals surface area contributed by atoms with E-state index in [1.54, 1.807) is 13.3 Å². The second-order valence-electron chi connectivity index (χ2n) is 9.94. The molecule has 2 aliphatic rings. The first-order valence-corrected chi connectivity index (χ1v) is 14.5. The Bertz CT molecular complexity index is 1160. The second kappa shape index (κ2) is 13.9. The summed E-state index contributed by atoms with van der Waals surface area (Å²) in [5.41, 5.74) is 2.40. The van der Waals surface area contributed by atoms with Gasteiger partial charge in [0.2, 0.25) is 5.88 Å². The maximum atomic E-state index is 13.4. The standard InChI is InChI=1S/C28H36IN5O5/c1-38-25-9-8-21(15-30-25)19(14-26(36)39-2)7-6-18-10-11-34(24(29)12-18)27(37)20-4-3-5-22(13-20)33-28-31-16-23(35)17-32-28/h3-5,8-9,13,15,18-19,23-24,35H,6-7,10-12,14,16-17H2,1-2H3,(H2,31,32,33). The predicted molar refractivity (Wildman–Crippen MR) is 157 cm³/mol. The highest BCUT2D eigenvalue weighted by Crippen LogP contribution is 2.35. The number of pyridine rings is 1. The Morgan fingerprint density at radius 2 is 2.13 bits per heavy atom. The van der Waals surface area contributed by atoms with Crippen LogP contribution in [0.1, 0.15) is 53.9 Å². The van der Waals surface area contributed by atoms with Crippen LogP contribution in [-0.2, 0) is 9.53 Å². The summed E-state index contributed by atoms with van der Waals surface area (Å²) in [6, 6.07) is 11.2. The van der Waals surface area contributed by atoms with E-state index >= 15 is 0 Å². The molecule has 0 radical (unpaired) electrons. The molecule has 2 aromatic rings. The van der Waals surface area contributed by atoms with Gasteiger partial charge in [0, 0.05) is 36.6 Å². The Morgan fingerprint density at radius 1 is 1.28 bits per heavy atom. The second-order valence-corrected chi connectivity index (χ2v) is 11.4. The Balaban J connectivity index is 1.33. The highest BCUT2D eigenvalue weighted by atomic mass is 127. The molecule has 1 aromatic carbocycles. The molecule has 10 nitrogen and oxygen atoms in total. The summed E-state index contributed by atoms with van der Waals surface area (Å²) in [6.07, 6.45) is 5.22. The lowest BCUT2D eigenvalue weighted by atomic mass is 9.85. The number of likely N-dealkylation sites (tertiary alicyclic amines) is 1. The van der Waals surface area contributed by atoms with Crippen molar-refractivity contribution in [3.8, 4) is 5.88 Å². The third kappa shape index (κ3) is 8.04. The number of β-amino-alcohol motifs (C(OH)–C–C–N with tert-alkyl or cyclic N) is 1. The van der Waals surface area contributed by atoms with Gasteiger partial charge in [0.05, 0.1) is 37.3 Å². The van der Waals surface area contributed by atoms with Gasteiger partial charge in [-0.15, -0.1) is 0 Å². The van der Waals surface area contributed by atoms with Gasteiger partial charge in [-0.2, -0.15) is 0 Å². The van der Waals surface area contributed by atoms with Crippen molar-refractivity contribution in [1.29, 1.82) is 0 Å². The van der Waals surface area contributed by atoms with E-state index in [0.717, 1.165) is 36.9 Å². The Kier molecular flexibility index (Phi) is 10.4. The van der Waals surface area contributed by atoms with E-state index in [9.17, 15) is 14.7 Å². The van der Waals surface area contributed by atoms with Crippen LogP contribution in [0.4, 0.5) is 5.69 Å². The molecule has 4 rings (SSSR count). The fourth-order valence-electron chi connectivity index (χ4n) is 4.98. The van der Waals surface area contributed by atoms with E-state index in [2.05, 4.69) is 43.2 Å². The lowest BCUT2D eigenvalue weighted by Gasteiger charge is -2.37. The maximum Gasteiger partial charge on any atom is 0.306 e. The number of alkyl halides is 1. The number of aliphatic imine (C=N–C) groups is 1. The molecule has 0 spiro atoms. The van der Waals surface area contributed by atoms with E-state index in [1.165, 1.54) is 7.11 Å². The maximum absolute atomic E-state index is 13.4. The molecule has 0 bridgehead atoms. The van der Waals surface area contributed by atoms with Crippen LogP contribution in [-0.4, -0.2) is 76.8 Å². The number of piperidine rings is 1. The molecule has 3 N–H and O–H groups in total. The molecule has 3 heterocycles. The van der Waals surface area contributed by atoms with E-state index in [-0.39, 0.29) is 21.8 Å². The van der Waals surface area contributed by atoms with Gasteiger partial charge >= 0.3 is 5.97 Å². The molecule has 0 saturated carbocycles. The molecule has 1 saturated heterocycles. The SMILES string of the molecule is COC(=O)CC(CCC1CCN(C(=O)c2cccc(NC3=NCC(O)CN3)c2)C(I)C1)c1ccc(OC)nc1. The number of amides is 1. The number of nitrogens with one attached hydrogen (secondary N) is 2. The number of aromatic nitrogens is 1. The van der Waals surface area contributed by atoms with Crippen molar-refractivity contribution in [1.82, 2.24) is 15.2 Å². The number of anilines is 1. The predicted octanol–water partition coefficient (Wildman–Crippen LogP) is 3.56. The first kappa shape index (κ1) is 29.1. The molecule has 1 aromatic heterocycles. The van der Waals surface area contributed by atoms with Crippen LogP contribution in [0.2, 0.25) is 0 Å². The zero-order chi connectivity index (χ0) is 27.8. The number of carbonyl (C=O) groups excluding carboxylic acids is 2. The number of esters is 1. The fraction of sp³-hybridized carbons (Fsp3) is 0.500. The summed E-state index contributed by atoms with van der Waals surface area (Å²) in [5, 5.41) is 15.8. The summed E-state index contributed by atoms with van der Waals surface area (Å²) in [4.78, 5) is 36.0. The molecular weight excluding hydrogens is 613 g/mol. The monoisotopic (exact) mass is 649 g/mol. The zero-order valence-electron chi connectivity index (χ0n) is 22.3. The van der Waals surface area contributed by atoms with Crippen LogP contribution in [0, 0.1) is 5.92 Å². The van der Waals surface area contributed by atoms with Crippen LogP contribution < -0.4 is 15.4 Å². The first-order valence-electron chi connectivity index (χ1n) is 13.2. The van der Waals surface area contributed by atoms with Crippen LogP contribution >= 0.6 is 22.6 Å². The molecule has 4 atom stereocenters. The molecule has 1 fully saturated rings. The van der Waals surface area contributed by atoms with Gasteiger partial charge in [0.25, 0.3) is 5.91 Å². The number of aliphatic hydroxyl groups is 1. The first-order chi connectivity index (χ1) is 18.9. The van der Waals surface area contributed by atoms with Crippen molar-refractivity contribution in [2.24, 2.45) is 10.9 Å². The molecule has 11 heteroatoms. The third-order valence-corrected chi connectivity index (χ3v) is 8.43. The van der Waals surface area contributed by atoms with Crippen LogP contribution in [0.15, 0.2) is 47.6 Å². The minimum atomic E-state index is -0.481. The number of benzene rings is 1. The van der Waals surface area contributed by atoms with Crippen molar-refractivity contribution in [3.63, 3.8) is 0 Å². The van der Waals surface area contributed by atoms with Crippen molar-refractivity contribution < 1.29 is 24.2 Å². The van der Waals surface area contributed by atoms with Crippen molar-refractivity contribution >= 4 is 46.1 Å². The number of guanidine groups is 1. The summed E-state index contributed by atoms with van der Waals surface area (Å²) in [7, 11) is 2.99. The summed E-state index contributed by atoms with van der Waals surface area (Å²) < 4.78 is 10.2. The lowest BCUT2D eigenvalue weighted by molar-refractivity contribution is -0.141. The quantitative estimate of drug-likeness (QED) is 0.163. The Hall–Kier alpha value is -2.93. The van der Waals surface area contributed by atoms with E-state index in [4.69, 9.17) is 9.47 Å². The molecular formula is C28H36IN5O5. The highest BCUT2D eigenvalue weighted by Gasteiger charge is 2.31. The number of ether oxygens (including phenoxy) is 2. The van der Waals surface area contributed by atoms with E-state index < -0.39 is 6.10 Å². The average Bonchev–Trinajstić information content (AvgIpc) is 2.96. The number of methoxy groups -OCH3 is 2. The van der Waals surface area contributed by atoms with Gasteiger partial charge in [-0.05, 0) is 61.3 Å². The van der Waals surface area contributed by atoms with Crippen molar-refractivity contribution in [2.75, 3.05) is 39.2 Å². The normalized spacial score (nSPS) is 21.8.